The van der Waals surface area contributed by atoms with Gasteiger partial charge in [-0.3, -0.25) is 14.5 Å². The monoisotopic (exact) mass is 906 g/mol. The van der Waals surface area contributed by atoms with Crippen molar-refractivity contribution in [1.82, 2.24) is 9.80 Å². The molecule has 0 saturated carbocycles. The van der Waals surface area contributed by atoms with Crippen molar-refractivity contribution in [3.8, 4) is 16.9 Å². The van der Waals surface area contributed by atoms with Crippen molar-refractivity contribution in [2.45, 2.75) is 72.4 Å². The maximum atomic E-state index is 16.1. The first kappa shape index (κ1) is 42.2. The lowest BCUT2D eigenvalue weighted by atomic mass is 9.88. The van der Waals surface area contributed by atoms with Gasteiger partial charge >= 0.3 is 5.97 Å². The first-order valence-corrected chi connectivity index (χ1v) is 20.8. The second kappa shape index (κ2) is 18.4. The molecule has 0 spiro atoms. The molecule has 2 aliphatic heterocycles. The Kier molecular flexibility index (Phi) is 13.6. The molecule has 2 heterocycles. The lowest BCUT2D eigenvalue weighted by Crippen LogP contribution is -2.56. The lowest BCUT2D eigenvalue weighted by Gasteiger charge is -2.44. The van der Waals surface area contributed by atoms with Crippen LogP contribution >= 0.6 is 34.2 Å². The third kappa shape index (κ3) is 9.31. The minimum absolute atomic E-state index is 0.134. The van der Waals surface area contributed by atoms with Crippen LogP contribution in [-0.4, -0.2) is 71.3 Å². The van der Waals surface area contributed by atoms with Gasteiger partial charge in [-0.05, 0) is 111 Å². The molecule has 1 fully saturated rings. The summed E-state index contributed by atoms with van der Waals surface area (Å²) in [6.45, 7) is 13.2. The Morgan fingerprint density at radius 1 is 1.04 bits per heavy atom. The third-order valence-corrected chi connectivity index (χ3v) is 11.9. The fraction of sp³-hybridized carbons (Fsp3) is 0.356. The number of amidine groups is 1. The van der Waals surface area contributed by atoms with Crippen LogP contribution < -0.4 is 9.64 Å². The molecule has 0 aliphatic carbocycles. The van der Waals surface area contributed by atoms with Gasteiger partial charge in [0, 0.05) is 56.6 Å². The van der Waals surface area contributed by atoms with Crippen molar-refractivity contribution in [2.75, 3.05) is 31.1 Å². The number of aliphatic imine (C=N–C) groups is 1. The summed E-state index contributed by atoms with van der Waals surface area (Å²) in [5.41, 5.74) is 3.85. The van der Waals surface area contributed by atoms with Gasteiger partial charge in [-0.15, -0.1) is 0 Å². The molecule has 2 aliphatic rings. The summed E-state index contributed by atoms with van der Waals surface area (Å²) in [5.74, 6) is -0.116. The summed E-state index contributed by atoms with van der Waals surface area (Å²) >= 11 is 9.35. The van der Waals surface area contributed by atoms with Crippen LogP contribution in [0.2, 0.25) is 5.02 Å². The van der Waals surface area contributed by atoms with Crippen molar-refractivity contribution in [1.29, 1.82) is 0 Å². The second-order valence-electron chi connectivity index (χ2n) is 15.0. The fourth-order valence-electron chi connectivity index (χ4n) is 7.44. The number of aryl methyl sites for hydroxylation is 1. The SMILES string of the molecule is C=CC(=O)N1CCN(C2=NC(O)N(c3ccccc3CCC)c3cc(-c4c(F)cccc4OCCCC(C)(C)C(=O)OCc4ccccc4I)c(Cl)cc32)[C@@H](C)C1. The number of rotatable bonds is 13. The Labute approximate surface area is 353 Å². The Balaban J connectivity index is 1.30. The van der Waals surface area contributed by atoms with Crippen LogP contribution in [0.15, 0.2) is 96.5 Å². The molecule has 0 aromatic heterocycles. The molecule has 57 heavy (non-hydrogen) atoms. The molecular weight excluding hydrogens is 858 g/mol. The molecule has 6 rings (SSSR count). The molecule has 9 nitrogen and oxygen atoms in total. The van der Waals surface area contributed by atoms with E-state index in [0.29, 0.717) is 60.9 Å². The highest BCUT2D eigenvalue weighted by atomic mass is 127. The fourth-order valence-corrected chi connectivity index (χ4v) is 8.24. The van der Waals surface area contributed by atoms with Crippen molar-refractivity contribution in [2.24, 2.45) is 10.4 Å². The van der Waals surface area contributed by atoms with Crippen LogP contribution in [0.4, 0.5) is 15.8 Å². The Morgan fingerprint density at radius 2 is 1.77 bits per heavy atom. The molecular formula is C45H49ClFIN4O5. The maximum Gasteiger partial charge on any atom is 0.311 e. The molecule has 0 bridgehead atoms. The minimum Gasteiger partial charge on any atom is -0.493 e. The highest BCUT2D eigenvalue weighted by Gasteiger charge is 2.37. The summed E-state index contributed by atoms with van der Waals surface area (Å²) in [6, 6.07) is 23.8. The van der Waals surface area contributed by atoms with E-state index in [1.165, 1.54) is 12.1 Å². The first-order valence-electron chi connectivity index (χ1n) is 19.3. The number of anilines is 2. The van der Waals surface area contributed by atoms with Gasteiger partial charge in [0.2, 0.25) is 12.3 Å². The molecule has 0 radical (unpaired) electrons. The van der Waals surface area contributed by atoms with Gasteiger partial charge in [0.15, 0.2) is 0 Å². The number of ether oxygens (including phenoxy) is 2. The van der Waals surface area contributed by atoms with E-state index in [-0.39, 0.29) is 41.7 Å². The Morgan fingerprint density at radius 3 is 2.49 bits per heavy atom. The van der Waals surface area contributed by atoms with Crippen LogP contribution in [0, 0.1) is 14.8 Å². The zero-order valence-electron chi connectivity index (χ0n) is 32.8. The largest absolute Gasteiger partial charge is 0.493 e. The first-order chi connectivity index (χ1) is 27.3. The number of para-hydroxylation sites is 1. The van der Waals surface area contributed by atoms with Crippen LogP contribution in [0.1, 0.15) is 63.6 Å². The molecule has 4 aromatic rings. The number of hydrogen-bond donors (Lipinski definition) is 1. The second-order valence-corrected chi connectivity index (χ2v) is 16.6. The number of piperazine rings is 1. The average molecular weight is 907 g/mol. The van der Waals surface area contributed by atoms with Crippen molar-refractivity contribution in [3.05, 3.63) is 123 Å². The van der Waals surface area contributed by atoms with Gasteiger partial charge < -0.3 is 24.4 Å². The van der Waals surface area contributed by atoms with Crippen molar-refractivity contribution in [3.63, 3.8) is 0 Å². The number of hydrogen-bond acceptors (Lipinski definition) is 8. The zero-order valence-corrected chi connectivity index (χ0v) is 35.7. The van der Waals surface area contributed by atoms with Crippen molar-refractivity contribution >= 4 is 63.3 Å². The smallest absolute Gasteiger partial charge is 0.311 e. The van der Waals surface area contributed by atoms with E-state index in [1.807, 2.05) is 69.3 Å². The van der Waals surface area contributed by atoms with E-state index in [4.69, 9.17) is 26.1 Å². The standard InChI is InChI=1S/C45H49ClFIN4O5/c1-6-14-30-15-9-11-19-37(30)52-38-26-32(34(46)25-33(38)42(49-44(52)55)51-23-22-50(27-29(51)3)40(53)7-2)41-35(47)17-12-20-39(41)56-24-13-21-45(4,5)43(54)57-28-31-16-8-10-18-36(31)48/h7-12,15-20,25-26,29,44,55H,2,6,13-14,21-24,27-28H2,1,3-5H3/t29-,44?/m0/s1. The van der Waals surface area contributed by atoms with Crippen LogP contribution in [0.3, 0.4) is 0 Å². The number of aliphatic hydroxyl groups is 1. The van der Waals surface area contributed by atoms with Crippen LogP contribution in [0.5, 0.6) is 5.75 Å². The average Bonchev–Trinajstić information content (AvgIpc) is 3.19. The predicted octanol–water partition coefficient (Wildman–Crippen LogP) is 9.52. The Bertz CT molecular complexity index is 2160. The number of carbonyl (C=O) groups excluding carboxylic acids is 2. The minimum atomic E-state index is -1.30. The number of carbonyl (C=O) groups is 2. The van der Waals surface area contributed by atoms with E-state index >= 15 is 4.39 Å². The summed E-state index contributed by atoms with van der Waals surface area (Å²) in [4.78, 5) is 36.0. The zero-order chi connectivity index (χ0) is 40.9. The van der Waals surface area contributed by atoms with E-state index in [0.717, 1.165) is 33.2 Å². The predicted molar refractivity (Wildman–Crippen MR) is 232 cm³/mol. The maximum absolute atomic E-state index is 16.1. The van der Waals surface area contributed by atoms with E-state index in [2.05, 4.69) is 41.0 Å². The summed E-state index contributed by atoms with van der Waals surface area (Å²) in [5, 5.41) is 12.2. The van der Waals surface area contributed by atoms with Gasteiger partial charge in [-0.25, -0.2) is 9.38 Å². The molecule has 2 atom stereocenters. The third-order valence-electron chi connectivity index (χ3n) is 10.5. The summed E-state index contributed by atoms with van der Waals surface area (Å²) in [6.07, 6.45) is 2.68. The van der Waals surface area contributed by atoms with E-state index in [1.54, 1.807) is 34.1 Å². The van der Waals surface area contributed by atoms with Gasteiger partial charge in [-0.2, -0.15) is 0 Å². The van der Waals surface area contributed by atoms with E-state index < -0.39 is 17.6 Å². The molecule has 1 unspecified atom stereocenters. The Hall–Kier alpha value is -4.46. The van der Waals surface area contributed by atoms with E-state index in [9.17, 15) is 14.7 Å². The summed E-state index contributed by atoms with van der Waals surface area (Å²) in [7, 11) is 0. The highest BCUT2D eigenvalue weighted by Crippen LogP contribution is 2.45. The van der Waals surface area contributed by atoms with Gasteiger partial charge in [0.25, 0.3) is 0 Å². The van der Waals surface area contributed by atoms with Gasteiger partial charge in [0.1, 0.15) is 24.0 Å². The molecule has 1 N–H and O–H groups in total. The van der Waals surface area contributed by atoms with Crippen LogP contribution in [-0.2, 0) is 27.4 Å². The lowest BCUT2D eigenvalue weighted by molar-refractivity contribution is -0.155. The highest BCUT2D eigenvalue weighted by molar-refractivity contribution is 14.1. The van der Waals surface area contributed by atoms with Gasteiger partial charge in [0.05, 0.1) is 23.3 Å². The van der Waals surface area contributed by atoms with Crippen LogP contribution in [0.25, 0.3) is 11.1 Å². The molecule has 300 valence electrons. The molecule has 1 amide bonds. The molecule has 4 aromatic carbocycles. The number of aliphatic hydroxyl groups excluding tert-OH is 1. The molecule has 1 saturated heterocycles. The number of amides is 1. The number of fused-ring (bicyclic) bond motifs is 1. The van der Waals surface area contributed by atoms with Crippen molar-refractivity contribution < 1.29 is 28.6 Å². The van der Waals surface area contributed by atoms with Gasteiger partial charge in [-0.1, -0.05) is 74.0 Å². The molecule has 12 heteroatoms. The number of esters is 1. The summed E-state index contributed by atoms with van der Waals surface area (Å²) < 4.78 is 29.1. The quantitative estimate of drug-likeness (QED) is 0.0619. The number of nitrogens with zero attached hydrogens (tertiary/aromatic N) is 4. The normalized spacial score (nSPS) is 16.8. The topological polar surface area (TPSA) is 94.9 Å². The number of halogens is 3. The number of benzene rings is 4.